The van der Waals surface area contributed by atoms with Crippen LogP contribution in [0.4, 0.5) is 0 Å². The van der Waals surface area contributed by atoms with Gasteiger partial charge in [0.1, 0.15) is 6.61 Å². The number of aliphatic hydroxyl groups excluding tert-OH is 1. The van der Waals surface area contributed by atoms with Crippen molar-refractivity contribution in [3.05, 3.63) is 35.9 Å². The molecule has 0 aliphatic rings. The van der Waals surface area contributed by atoms with E-state index in [1.807, 2.05) is 71.9 Å². The predicted octanol–water partition coefficient (Wildman–Crippen LogP) is 4.11. The minimum atomic E-state index is -0.0745. The Kier molecular flexibility index (Phi) is 29.7. The summed E-state index contributed by atoms with van der Waals surface area (Å²) in [4.78, 5) is 0. The molecule has 1 rings (SSSR count). The second-order valence-corrected chi connectivity index (χ2v) is 1.83. The lowest BCUT2D eigenvalue weighted by Gasteiger charge is -1.84. The van der Waals surface area contributed by atoms with Crippen molar-refractivity contribution < 1.29 is 5.11 Å². The van der Waals surface area contributed by atoms with E-state index in [0.29, 0.717) is 0 Å². The molecule has 0 heterocycles. The van der Waals surface area contributed by atoms with Crippen LogP contribution >= 0.6 is 0 Å². The van der Waals surface area contributed by atoms with E-state index >= 15 is 0 Å². The zero-order valence-electron chi connectivity index (χ0n) is 11.5. The van der Waals surface area contributed by atoms with Crippen molar-refractivity contribution in [2.75, 3.05) is 6.61 Å². The first kappa shape index (κ1) is 20.2. The number of aliphatic hydroxyl groups is 1. The first-order chi connectivity index (χ1) is 7.93. The fourth-order valence-electron chi connectivity index (χ4n) is 0.663. The van der Waals surface area contributed by atoms with Crippen molar-refractivity contribution in [3.8, 4) is 11.8 Å². The molecule has 92 valence electrons. The van der Waals surface area contributed by atoms with Crippen LogP contribution in [0.5, 0.6) is 0 Å². The normalized spacial score (nSPS) is 6.19. The molecule has 0 aliphatic heterocycles. The summed E-state index contributed by atoms with van der Waals surface area (Å²) in [5.74, 6) is 5.36. The average molecular weight is 222 g/mol. The van der Waals surface area contributed by atoms with Crippen LogP contribution < -0.4 is 0 Å². The van der Waals surface area contributed by atoms with Gasteiger partial charge in [0.25, 0.3) is 0 Å². The largest absolute Gasteiger partial charge is 0.384 e. The van der Waals surface area contributed by atoms with E-state index in [1.54, 1.807) is 0 Å². The third-order valence-electron chi connectivity index (χ3n) is 1.09. The number of rotatable bonds is 0. The topological polar surface area (TPSA) is 20.2 Å². The van der Waals surface area contributed by atoms with Crippen LogP contribution in [0.15, 0.2) is 30.3 Å². The molecule has 0 fully saturated rings. The van der Waals surface area contributed by atoms with Crippen molar-refractivity contribution in [2.24, 2.45) is 0 Å². The van der Waals surface area contributed by atoms with Crippen LogP contribution in [0.1, 0.15) is 47.1 Å². The fourth-order valence-corrected chi connectivity index (χ4v) is 0.663. The van der Waals surface area contributed by atoms with E-state index < -0.39 is 0 Å². The Morgan fingerprint density at radius 3 is 1.69 bits per heavy atom. The Labute approximate surface area is 102 Å². The molecule has 1 aromatic carbocycles. The molecule has 0 radical (unpaired) electrons. The van der Waals surface area contributed by atoms with Gasteiger partial charge < -0.3 is 5.11 Å². The van der Waals surface area contributed by atoms with Gasteiger partial charge in [-0.1, -0.05) is 71.6 Å². The molecule has 0 saturated heterocycles. The van der Waals surface area contributed by atoms with Crippen LogP contribution in [0.2, 0.25) is 0 Å². The van der Waals surface area contributed by atoms with Gasteiger partial charge in [-0.05, 0) is 12.1 Å². The van der Waals surface area contributed by atoms with Crippen LogP contribution in [-0.2, 0) is 0 Å². The van der Waals surface area contributed by atoms with Crippen molar-refractivity contribution in [1.29, 1.82) is 0 Å². The van der Waals surface area contributed by atoms with Gasteiger partial charge >= 0.3 is 0 Å². The third kappa shape index (κ3) is 15.2. The summed E-state index contributed by atoms with van der Waals surface area (Å²) < 4.78 is 0. The predicted molar refractivity (Wildman–Crippen MR) is 74.4 cm³/mol. The number of hydrogen-bond acceptors (Lipinski definition) is 1. The van der Waals surface area contributed by atoms with Crippen molar-refractivity contribution in [2.45, 2.75) is 41.5 Å². The SMILES string of the molecule is CC.CC.CC.OCC#Cc1ccccc1. The summed E-state index contributed by atoms with van der Waals surface area (Å²) in [5.41, 5.74) is 0.941. The molecule has 0 aromatic heterocycles. The molecule has 1 aromatic rings. The average Bonchev–Trinajstić information content (AvgIpc) is 2.44. The van der Waals surface area contributed by atoms with E-state index in [1.165, 1.54) is 0 Å². The third-order valence-corrected chi connectivity index (χ3v) is 1.09. The summed E-state index contributed by atoms with van der Waals surface area (Å²) in [6, 6.07) is 9.58. The molecule has 0 amide bonds. The molecular formula is C15H26O. The molecule has 1 N–H and O–H groups in total. The number of benzene rings is 1. The maximum atomic E-state index is 8.35. The molecule has 1 nitrogen and oxygen atoms in total. The smallest absolute Gasteiger partial charge is 0.104 e. The molecule has 0 saturated carbocycles. The van der Waals surface area contributed by atoms with Gasteiger partial charge in [-0.25, -0.2) is 0 Å². The van der Waals surface area contributed by atoms with Crippen LogP contribution in [0.25, 0.3) is 0 Å². The summed E-state index contributed by atoms with van der Waals surface area (Å²) in [5, 5.41) is 8.35. The summed E-state index contributed by atoms with van der Waals surface area (Å²) in [6.07, 6.45) is 0. The molecule has 1 heteroatoms. The minimum Gasteiger partial charge on any atom is -0.384 e. The quantitative estimate of drug-likeness (QED) is 0.655. The highest BCUT2D eigenvalue weighted by Gasteiger charge is 1.78. The van der Waals surface area contributed by atoms with Crippen molar-refractivity contribution in [1.82, 2.24) is 0 Å². The van der Waals surface area contributed by atoms with Gasteiger partial charge in [0, 0.05) is 5.56 Å². The van der Waals surface area contributed by atoms with Crippen LogP contribution in [-0.4, -0.2) is 11.7 Å². The van der Waals surface area contributed by atoms with Gasteiger partial charge in [-0.3, -0.25) is 0 Å². The van der Waals surface area contributed by atoms with Gasteiger partial charge in [-0.2, -0.15) is 0 Å². The molecule has 0 aliphatic carbocycles. The second kappa shape index (κ2) is 23.5. The first-order valence-electron chi connectivity index (χ1n) is 6.08. The molecule has 0 bridgehead atoms. The maximum absolute atomic E-state index is 8.35. The summed E-state index contributed by atoms with van der Waals surface area (Å²) in [7, 11) is 0. The highest BCUT2D eigenvalue weighted by molar-refractivity contribution is 5.33. The van der Waals surface area contributed by atoms with Gasteiger partial charge in [-0.15, -0.1) is 0 Å². The van der Waals surface area contributed by atoms with Crippen molar-refractivity contribution in [3.63, 3.8) is 0 Å². The standard InChI is InChI=1S/C9H8O.3C2H6/c10-8-4-7-9-5-2-1-3-6-9;3*1-2/h1-3,5-6,10H,8H2;3*1-2H3. The van der Waals surface area contributed by atoms with Crippen molar-refractivity contribution >= 4 is 0 Å². The van der Waals surface area contributed by atoms with E-state index in [9.17, 15) is 0 Å². The molecule has 16 heavy (non-hydrogen) atoms. The summed E-state index contributed by atoms with van der Waals surface area (Å²) >= 11 is 0. The van der Waals surface area contributed by atoms with E-state index in [-0.39, 0.29) is 6.61 Å². The van der Waals surface area contributed by atoms with E-state index in [0.717, 1.165) is 5.56 Å². The molecular weight excluding hydrogens is 196 g/mol. The van der Waals surface area contributed by atoms with Gasteiger partial charge in [0.2, 0.25) is 0 Å². The second-order valence-electron chi connectivity index (χ2n) is 1.83. The lowest BCUT2D eigenvalue weighted by Crippen LogP contribution is -1.74. The molecule has 0 spiro atoms. The molecule has 0 unspecified atom stereocenters. The van der Waals surface area contributed by atoms with E-state index in [2.05, 4.69) is 11.8 Å². The van der Waals surface area contributed by atoms with Gasteiger partial charge in [0.05, 0.1) is 0 Å². The van der Waals surface area contributed by atoms with E-state index in [4.69, 9.17) is 5.11 Å². The Morgan fingerprint density at radius 2 is 1.31 bits per heavy atom. The Bertz CT molecular complexity index is 241. The zero-order chi connectivity index (χ0) is 13.2. The Hall–Kier alpha value is -1.26. The highest BCUT2D eigenvalue weighted by atomic mass is 16.2. The maximum Gasteiger partial charge on any atom is 0.104 e. The highest BCUT2D eigenvalue weighted by Crippen LogP contribution is 1.93. The number of hydrogen-bond donors (Lipinski definition) is 1. The lowest BCUT2D eigenvalue weighted by molar-refractivity contribution is 0.350. The Morgan fingerprint density at radius 1 is 0.875 bits per heavy atom. The fraction of sp³-hybridized carbons (Fsp3) is 0.467. The van der Waals surface area contributed by atoms with Crippen LogP contribution in [0.3, 0.4) is 0 Å². The first-order valence-corrected chi connectivity index (χ1v) is 6.08. The minimum absolute atomic E-state index is 0.0745. The van der Waals surface area contributed by atoms with Crippen LogP contribution in [0, 0.1) is 11.8 Å². The zero-order valence-corrected chi connectivity index (χ0v) is 11.5. The monoisotopic (exact) mass is 222 g/mol. The summed E-state index contributed by atoms with van der Waals surface area (Å²) in [6.45, 7) is 11.9. The molecule has 0 atom stereocenters. The van der Waals surface area contributed by atoms with Gasteiger partial charge in [0.15, 0.2) is 0 Å². The Balaban J connectivity index is -0.000000245. The lowest BCUT2D eigenvalue weighted by atomic mass is 10.2.